The van der Waals surface area contributed by atoms with Crippen LogP contribution in [0.5, 0.6) is 0 Å². The van der Waals surface area contributed by atoms with Crippen molar-refractivity contribution in [1.82, 2.24) is 5.32 Å². The summed E-state index contributed by atoms with van der Waals surface area (Å²) in [5.74, 6) is -0.727. The molecule has 21 heavy (non-hydrogen) atoms. The number of aliphatic carboxylic acids is 1. The SMILES string of the molecule is O=C(O)C1(NC2CC2)CCC(Sc2cc(Cl)ccc2Cl)C1. The molecule has 0 spiro atoms. The monoisotopic (exact) mass is 345 g/mol. The van der Waals surface area contributed by atoms with Crippen LogP contribution in [-0.2, 0) is 4.79 Å². The van der Waals surface area contributed by atoms with Crippen LogP contribution in [0.15, 0.2) is 23.1 Å². The molecule has 2 atom stereocenters. The molecule has 1 aromatic rings. The molecule has 0 saturated heterocycles. The molecule has 0 aromatic heterocycles. The molecule has 3 rings (SSSR count). The largest absolute Gasteiger partial charge is 0.480 e. The van der Waals surface area contributed by atoms with E-state index in [1.807, 2.05) is 6.07 Å². The van der Waals surface area contributed by atoms with E-state index in [-0.39, 0.29) is 5.25 Å². The third-order valence-electron chi connectivity index (χ3n) is 4.12. The van der Waals surface area contributed by atoms with Gasteiger partial charge in [-0.3, -0.25) is 10.1 Å². The summed E-state index contributed by atoms with van der Waals surface area (Å²) in [6.07, 6.45) is 4.36. The molecule has 0 bridgehead atoms. The highest BCUT2D eigenvalue weighted by atomic mass is 35.5. The number of halogens is 2. The predicted octanol–water partition coefficient (Wildman–Crippen LogP) is 4.21. The molecule has 2 unspecified atom stereocenters. The maximum absolute atomic E-state index is 11.7. The van der Waals surface area contributed by atoms with Gasteiger partial charge in [-0.1, -0.05) is 23.2 Å². The van der Waals surface area contributed by atoms with Crippen molar-refractivity contribution in [2.24, 2.45) is 0 Å². The first kappa shape index (κ1) is 15.5. The van der Waals surface area contributed by atoms with E-state index in [2.05, 4.69) is 5.32 Å². The van der Waals surface area contributed by atoms with Gasteiger partial charge in [0.15, 0.2) is 0 Å². The van der Waals surface area contributed by atoms with E-state index >= 15 is 0 Å². The zero-order valence-electron chi connectivity index (χ0n) is 11.4. The van der Waals surface area contributed by atoms with Gasteiger partial charge in [0.2, 0.25) is 0 Å². The highest BCUT2D eigenvalue weighted by molar-refractivity contribution is 8.00. The zero-order valence-corrected chi connectivity index (χ0v) is 13.8. The number of rotatable bonds is 5. The molecule has 0 heterocycles. The van der Waals surface area contributed by atoms with Gasteiger partial charge in [0.1, 0.15) is 5.54 Å². The van der Waals surface area contributed by atoms with Crippen LogP contribution in [0.3, 0.4) is 0 Å². The van der Waals surface area contributed by atoms with Crippen LogP contribution in [0.25, 0.3) is 0 Å². The van der Waals surface area contributed by atoms with Gasteiger partial charge in [-0.15, -0.1) is 11.8 Å². The molecule has 2 N–H and O–H groups in total. The van der Waals surface area contributed by atoms with Gasteiger partial charge in [-0.25, -0.2) is 0 Å². The third kappa shape index (κ3) is 3.50. The molecule has 2 aliphatic rings. The zero-order chi connectivity index (χ0) is 15.0. The Morgan fingerprint density at radius 2 is 2.10 bits per heavy atom. The second kappa shape index (κ2) is 5.99. The number of benzene rings is 1. The van der Waals surface area contributed by atoms with E-state index in [9.17, 15) is 9.90 Å². The van der Waals surface area contributed by atoms with Crippen molar-refractivity contribution in [3.8, 4) is 0 Å². The maximum atomic E-state index is 11.7. The van der Waals surface area contributed by atoms with Gasteiger partial charge in [0.25, 0.3) is 0 Å². The molecule has 2 fully saturated rings. The van der Waals surface area contributed by atoms with E-state index in [1.54, 1.807) is 23.9 Å². The van der Waals surface area contributed by atoms with Crippen LogP contribution >= 0.6 is 35.0 Å². The van der Waals surface area contributed by atoms with Crippen LogP contribution in [0.4, 0.5) is 0 Å². The summed E-state index contributed by atoms with van der Waals surface area (Å²) in [5.41, 5.74) is -0.760. The summed E-state index contributed by atoms with van der Waals surface area (Å²) in [6, 6.07) is 5.79. The maximum Gasteiger partial charge on any atom is 0.323 e. The number of thioether (sulfide) groups is 1. The molecule has 0 amide bonds. The fourth-order valence-corrected chi connectivity index (χ4v) is 4.68. The Hall–Kier alpha value is -0.420. The molecule has 6 heteroatoms. The Kier molecular flexibility index (Phi) is 4.42. The second-order valence-corrected chi connectivity index (χ2v) is 8.05. The minimum atomic E-state index is -0.760. The summed E-state index contributed by atoms with van der Waals surface area (Å²) >= 11 is 13.8. The van der Waals surface area contributed by atoms with Crippen LogP contribution in [0.1, 0.15) is 32.1 Å². The van der Waals surface area contributed by atoms with E-state index in [0.29, 0.717) is 28.9 Å². The average molecular weight is 346 g/mol. The van der Waals surface area contributed by atoms with Crippen LogP contribution in [0.2, 0.25) is 10.0 Å². The number of carboxylic acids is 1. The molecule has 0 aliphatic heterocycles. The molecule has 114 valence electrons. The summed E-state index contributed by atoms with van der Waals surface area (Å²) in [6.45, 7) is 0. The first-order chi connectivity index (χ1) is 9.98. The minimum absolute atomic E-state index is 0.253. The molecule has 2 aliphatic carbocycles. The lowest BCUT2D eigenvalue weighted by Crippen LogP contribution is -2.51. The first-order valence-electron chi connectivity index (χ1n) is 7.11. The lowest BCUT2D eigenvalue weighted by atomic mass is 9.98. The van der Waals surface area contributed by atoms with Crippen LogP contribution in [0, 0.1) is 0 Å². The Balaban J connectivity index is 1.70. The van der Waals surface area contributed by atoms with Crippen LogP contribution in [-0.4, -0.2) is 27.9 Å². The van der Waals surface area contributed by atoms with Crippen LogP contribution < -0.4 is 5.32 Å². The van der Waals surface area contributed by atoms with Crippen molar-refractivity contribution in [1.29, 1.82) is 0 Å². The normalized spacial score (nSPS) is 28.8. The molecule has 3 nitrogen and oxygen atoms in total. The Morgan fingerprint density at radius 3 is 2.76 bits per heavy atom. The van der Waals surface area contributed by atoms with E-state index in [1.165, 1.54) is 0 Å². The number of carbonyl (C=O) groups is 1. The summed E-state index contributed by atoms with van der Waals surface area (Å²) in [5, 5.41) is 14.5. The Morgan fingerprint density at radius 1 is 1.33 bits per heavy atom. The van der Waals surface area contributed by atoms with Crippen molar-refractivity contribution >= 4 is 40.9 Å². The number of hydrogen-bond donors (Lipinski definition) is 2. The van der Waals surface area contributed by atoms with Gasteiger partial charge in [-0.2, -0.15) is 0 Å². The van der Waals surface area contributed by atoms with Crippen molar-refractivity contribution in [3.05, 3.63) is 28.2 Å². The standard InChI is InChI=1S/C15H17Cl2NO2S/c16-9-1-4-12(17)13(7-9)21-11-5-6-15(8-11,14(19)20)18-10-2-3-10/h1,4,7,10-11,18H,2-3,5-6,8H2,(H,19,20). The molecule has 0 radical (unpaired) electrons. The average Bonchev–Trinajstić information content (AvgIpc) is 3.14. The van der Waals surface area contributed by atoms with Gasteiger partial charge < -0.3 is 5.11 Å². The van der Waals surface area contributed by atoms with E-state index in [4.69, 9.17) is 23.2 Å². The smallest absolute Gasteiger partial charge is 0.323 e. The van der Waals surface area contributed by atoms with Crippen molar-refractivity contribution < 1.29 is 9.90 Å². The highest BCUT2D eigenvalue weighted by Gasteiger charge is 2.48. The lowest BCUT2D eigenvalue weighted by Gasteiger charge is -2.26. The Labute approximate surface area is 138 Å². The van der Waals surface area contributed by atoms with E-state index in [0.717, 1.165) is 24.2 Å². The third-order valence-corrected chi connectivity index (χ3v) is 6.13. The van der Waals surface area contributed by atoms with Gasteiger partial charge in [0.05, 0.1) is 5.02 Å². The van der Waals surface area contributed by atoms with E-state index < -0.39 is 11.5 Å². The summed E-state index contributed by atoms with van der Waals surface area (Å²) in [4.78, 5) is 12.6. The van der Waals surface area contributed by atoms with Gasteiger partial charge >= 0.3 is 5.97 Å². The van der Waals surface area contributed by atoms with Gasteiger partial charge in [-0.05, 0) is 50.3 Å². The summed E-state index contributed by atoms with van der Waals surface area (Å²) < 4.78 is 0. The molecular formula is C15H17Cl2NO2S. The molecule has 1 aromatic carbocycles. The number of nitrogens with one attached hydrogen (secondary N) is 1. The Bertz CT molecular complexity index is 565. The fraction of sp³-hybridized carbons (Fsp3) is 0.533. The summed E-state index contributed by atoms with van der Waals surface area (Å²) in [7, 11) is 0. The number of hydrogen-bond acceptors (Lipinski definition) is 3. The fourth-order valence-electron chi connectivity index (χ4n) is 2.85. The van der Waals surface area contributed by atoms with Crippen molar-refractivity contribution in [2.75, 3.05) is 0 Å². The highest BCUT2D eigenvalue weighted by Crippen LogP contribution is 2.44. The van der Waals surface area contributed by atoms with Gasteiger partial charge in [0, 0.05) is 21.2 Å². The lowest BCUT2D eigenvalue weighted by molar-refractivity contribution is -0.144. The molecular weight excluding hydrogens is 329 g/mol. The topological polar surface area (TPSA) is 49.3 Å². The minimum Gasteiger partial charge on any atom is -0.480 e. The second-order valence-electron chi connectivity index (χ2n) is 5.86. The number of carboxylic acid groups (broad SMARTS) is 1. The van der Waals surface area contributed by atoms with Crippen molar-refractivity contribution in [3.63, 3.8) is 0 Å². The first-order valence-corrected chi connectivity index (χ1v) is 8.75. The van der Waals surface area contributed by atoms with Crippen molar-refractivity contribution in [2.45, 2.75) is 53.8 Å². The molecule has 2 saturated carbocycles. The predicted molar refractivity (Wildman–Crippen MR) is 86.5 cm³/mol. The quantitative estimate of drug-likeness (QED) is 0.838.